The van der Waals surface area contributed by atoms with Gasteiger partial charge in [-0.25, -0.2) is 0 Å². The minimum atomic E-state index is -2.05. The van der Waals surface area contributed by atoms with Crippen LogP contribution in [0.3, 0.4) is 0 Å². The van der Waals surface area contributed by atoms with Crippen LogP contribution in [0, 0.1) is 0 Å². The van der Waals surface area contributed by atoms with Crippen molar-refractivity contribution in [2.75, 3.05) is 19.6 Å². The van der Waals surface area contributed by atoms with E-state index in [9.17, 15) is 19.5 Å². The molecule has 3 amide bonds. The van der Waals surface area contributed by atoms with Crippen molar-refractivity contribution in [3.63, 3.8) is 0 Å². The average Bonchev–Trinajstić information content (AvgIpc) is 3.08. The molecule has 0 bridgehead atoms. The van der Waals surface area contributed by atoms with Crippen molar-refractivity contribution in [1.29, 1.82) is 0 Å². The number of carbonyl (C=O) groups is 3. The number of nitrogens with one attached hydrogen (secondary N) is 3. The number of aliphatic hydroxyl groups is 1. The van der Waals surface area contributed by atoms with Crippen LogP contribution in [-0.4, -0.2) is 48.1 Å². The van der Waals surface area contributed by atoms with E-state index in [0.29, 0.717) is 19.6 Å². The van der Waals surface area contributed by atoms with Gasteiger partial charge in [-0.3, -0.25) is 14.4 Å². The summed E-state index contributed by atoms with van der Waals surface area (Å²) in [7, 11) is 0. The summed E-state index contributed by atoms with van der Waals surface area (Å²) < 4.78 is 0. The third-order valence-electron chi connectivity index (χ3n) is 9.85. The van der Waals surface area contributed by atoms with Crippen molar-refractivity contribution < 1.29 is 19.5 Å². The zero-order chi connectivity index (χ0) is 36.1. The highest BCUT2D eigenvalue weighted by atomic mass is 16.3. The summed E-state index contributed by atoms with van der Waals surface area (Å²) in [6, 6.07) is 0. The Kier molecular flexibility index (Phi) is 35.0. The van der Waals surface area contributed by atoms with E-state index in [1.807, 2.05) is 0 Å². The monoisotopic (exact) mass is 694 g/mol. The first kappa shape index (κ1) is 47.4. The lowest BCUT2D eigenvalue weighted by Crippen LogP contribution is -2.52. The van der Waals surface area contributed by atoms with E-state index in [2.05, 4.69) is 36.7 Å². The lowest BCUT2D eigenvalue weighted by molar-refractivity contribution is -0.149. The Morgan fingerprint density at radius 1 is 0.367 bits per heavy atom. The second-order valence-electron chi connectivity index (χ2n) is 14.9. The molecule has 0 saturated heterocycles. The van der Waals surface area contributed by atoms with Crippen molar-refractivity contribution >= 4 is 17.7 Å². The van der Waals surface area contributed by atoms with Gasteiger partial charge in [0.05, 0.1) is 12.8 Å². The summed E-state index contributed by atoms with van der Waals surface area (Å²) in [6.07, 6.45) is 35.6. The van der Waals surface area contributed by atoms with Crippen molar-refractivity contribution in [2.24, 2.45) is 0 Å². The molecule has 0 aliphatic carbocycles. The van der Waals surface area contributed by atoms with Gasteiger partial charge in [0, 0.05) is 19.6 Å². The zero-order valence-electron chi connectivity index (χ0n) is 32.9. The Hall–Kier alpha value is -1.63. The number of hydrogen-bond donors (Lipinski definition) is 4. The molecule has 0 saturated carbocycles. The van der Waals surface area contributed by atoms with Crippen LogP contribution in [0.1, 0.15) is 226 Å². The van der Waals surface area contributed by atoms with E-state index in [0.717, 1.165) is 57.8 Å². The molecule has 290 valence electrons. The van der Waals surface area contributed by atoms with Gasteiger partial charge < -0.3 is 21.1 Å². The highest BCUT2D eigenvalue weighted by molar-refractivity contribution is 5.95. The van der Waals surface area contributed by atoms with Gasteiger partial charge in [0.15, 0.2) is 5.60 Å². The molecule has 0 unspecified atom stereocenters. The fraction of sp³-hybridized carbons (Fsp3) is 0.929. The zero-order valence-corrected chi connectivity index (χ0v) is 32.9. The van der Waals surface area contributed by atoms with Gasteiger partial charge in [-0.2, -0.15) is 0 Å². The molecule has 7 heteroatoms. The molecule has 0 aromatic carbocycles. The minimum Gasteiger partial charge on any atom is -0.379 e. The van der Waals surface area contributed by atoms with Gasteiger partial charge in [0.25, 0.3) is 5.91 Å². The lowest BCUT2D eigenvalue weighted by atomic mass is 9.93. The molecule has 4 N–H and O–H groups in total. The van der Waals surface area contributed by atoms with Crippen LogP contribution in [0.2, 0.25) is 0 Å². The number of amides is 3. The molecule has 49 heavy (non-hydrogen) atoms. The molecule has 0 aromatic rings. The van der Waals surface area contributed by atoms with Crippen molar-refractivity contribution in [1.82, 2.24) is 16.0 Å². The topological polar surface area (TPSA) is 108 Å². The van der Waals surface area contributed by atoms with Gasteiger partial charge >= 0.3 is 0 Å². The molecule has 0 rings (SSSR count). The lowest BCUT2D eigenvalue weighted by Gasteiger charge is -2.26. The number of hydrogen-bond acceptors (Lipinski definition) is 4. The maximum Gasteiger partial charge on any atom is 0.253 e. The number of carbonyl (C=O) groups excluding carboxylic acids is 3. The molecule has 0 aliphatic heterocycles. The summed E-state index contributed by atoms with van der Waals surface area (Å²) in [4.78, 5) is 38.9. The van der Waals surface area contributed by atoms with Crippen LogP contribution < -0.4 is 16.0 Å². The average molecular weight is 694 g/mol. The molecule has 0 heterocycles. The Morgan fingerprint density at radius 3 is 0.857 bits per heavy atom. The molecule has 7 nitrogen and oxygen atoms in total. The van der Waals surface area contributed by atoms with E-state index >= 15 is 0 Å². The molecule has 0 aliphatic rings. The van der Waals surface area contributed by atoms with Gasteiger partial charge in [-0.15, -0.1) is 0 Å². The van der Waals surface area contributed by atoms with Crippen molar-refractivity contribution in [3.8, 4) is 0 Å². The quantitative estimate of drug-likeness (QED) is 0.0483. The molecule has 0 radical (unpaired) electrons. The van der Waals surface area contributed by atoms with E-state index in [1.165, 1.54) is 135 Å². The second kappa shape index (κ2) is 36.2. The van der Waals surface area contributed by atoms with Gasteiger partial charge in [-0.05, 0) is 19.3 Å². The van der Waals surface area contributed by atoms with E-state index in [1.54, 1.807) is 0 Å². The first-order chi connectivity index (χ1) is 23.9. The molecular weight excluding hydrogens is 610 g/mol. The normalized spacial score (nSPS) is 11.5. The number of rotatable bonds is 38. The molecule has 0 spiro atoms. The summed E-state index contributed by atoms with van der Waals surface area (Å²) in [5, 5.41) is 20.0. The second-order valence-corrected chi connectivity index (χ2v) is 14.9. The van der Waals surface area contributed by atoms with Crippen molar-refractivity contribution in [2.45, 2.75) is 232 Å². The van der Waals surface area contributed by atoms with Crippen LogP contribution in [0.15, 0.2) is 0 Å². The summed E-state index contributed by atoms with van der Waals surface area (Å²) in [6.45, 7) is 8.21. The molecule has 0 fully saturated rings. The predicted octanol–water partition coefficient (Wildman–Crippen LogP) is 10.6. The standard InChI is InChI=1S/C42H83N3O4/c1-4-7-10-13-16-19-22-25-28-31-34-43-39(46)37-42(49,41(48)45-36-33-30-27-24-21-18-15-12-9-6-3)38-40(47)44-35-32-29-26-23-20-17-14-11-8-5-2/h49H,4-38H2,1-3H3,(H,43,46)(H,44,47)(H,45,48). The van der Waals surface area contributed by atoms with Crippen LogP contribution in [0.25, 0.3) is 0 Å². The summed E-state index contributed by atoms with van der Waals surface area (Å²) >= 11 is 0. The SMILES string of the molecule is CCCCCCCCCCCCNC(=O)CC(O)(CC(=O)NCCCCCCCCCCCC)C(=O)NCCCCCCCCCCCC. The van der Waals surface area contributed by atoms with Crippen LogP contribution in [0.5, 0.6) is 0 Å². The van der Waals surface area contributed by atoms with Gasteiger partial charge in [0.2, 0.25) is 11.8 Å². The van der Waals surface area contributed by atoms with E-state index in [-0.39, 0.29) is 11.8 Å². The summed E-state index contributed by atoms with van der Waals surface area (Å²) in [5.74, 6) is -1.38. The Morgan fingerprint density at radius 2 is 0.592 bits per heavy atom. The third kappa shape index (κ3) is 32.0. The van der Waals surface area contributed by atoms with Crippen molar-refractivity contribution in [3.05, 3.63) is 0 Å². The first-order valence-corrected chi connectivity index (χ1v) is 21.4. The van der Waals surface area contributed by atoms with Crippen LogP contribution in [-0.2, 0) is 14.4 Å². The van der Waals surface area contributed by atoms with E-state index in [4.69, 9.17) is 0 Å². The van der Waals surface area contributed by atoms with Crippen LogP contribution in [0.4, 0.5) is 0 Å². The maximum atomic E-state index is 13.2. The van der Waals surface area contributed by atoms with Gasteiger partial charge in [-0.1, -0.05) is 194 Å². The highest BCUT2D eigenvalue weighted by Crippen LogP contribution is 2.18. The molecular formula is C42H83N3O4. The Balaban J connectivity index is 4.53. The maximum absolute atomic E-state index is 13.2. The minimum absolute atomic E-state index is 0.380. The molecule has 0 atom stereocenters. The van der Waals surface area contributed by atoms with Crippen LogP contribution >= 0.6 is 0 Å². The smallest absolute Gasteiger partial charge is 0.253 e. The summed E-state index contributed by atoms with van der Waals surface area (Å²) in [5.41, 5.74) is -2.05. The molecule has 0 aromatic heterocycles. The van der Waals surface area contributed by atoms with Gasteiger partial charge in [0.1, 0.15) is 0 Å². The Labute approximate surface area is 304 Å². The number of unbranched alkanes of at least 4 members (excludes halogenated alkanes) is 27. The largest absolute Gasteiger partial charge is 0.379 e. The van der Waals surface area contributed by atoms with E-state index < -0.39 is 24.3 Å². The first-order valence-electron chi connectivity index (χ1n) is 21.4. The fourth-order valence-electron chi connectivity index (χ4n) is 6.54. The highest BCUT2D eigenvalue weighted by Gasteiger charge is 2.40. The Bertz CT molecular complexity index is 720. The third-order valence-corrected chi connectivity index (χ3v) is 9.85. The predicted molar refractivity (Wildman–Crippen MR) is 209 cm³/mol. The fourth-order valence-corrected chi connectivity index (χ4v) is 6.54.